The lowest BCUT2D eigenvalue weighted by molar-refractivity contribution is -0.858. The molecule has 0 aliphatic carbocycles. The van der Waals surface area contributed by atoms with Crippen molar-refractivity contribution in [2.45, 2.75) is 45.8 Å². The van der Waals surface area contributed by atoms with Crippen LogP contribution >= 0.6 is 0 Å². The van der Waals surface area contributed by atoms with Gasteiger partial charge >= 0.3 is 12.1 Å². The predicted octanol–water partition coefficient (Wildman–Crippen LogP) is 0.517. The molecule has 11 nitrogen and oxygen atoms in total. The zero-order valence-corrected chi connectivity index (χ0v) is 23.7. The first-order valence-electron chi connectivity index (χ1n) is 13.3. The smallest absolute Gasteiger partial charge is 0.408 e. The highest BCUT2D eigenvalue weighted by Gasteiger charge is 2.26. The molecule has 0 unspecified atom stereocenters. The van der Waals surface area contributed by atoms with E-state index < -0.39 is 24.1 Å². The summed E-state index contributed by atoms with van der Waals surface area (Å²) in [6, 6.07) is 16.5. The van der Waals surface area contributed by atoms with E-state index in [1.807, 2.05) is 73.3 Å². The maximum absolute atomic E-state index is 13.3. The average molecular weight is 560 g/mol. The van der Waals surface area contributed by atoms with E-state index in [9.17, 15) is 9.59 Å². The highest BCUT2D eigenvalue weighted by Crippen LogP contribution is 2.15. The summed E-state index contributed by atoms with van der Waals surface area (Å²) in [6.45, 7) is 7.11. The van der Waals surface area contributed by atoms with E-state index in [1.54, 1.807) is 0 Å². The zero-order chi connectivity index (χ0) is 29.9. The van der Waals surface area contributed by atoms with Crippen LogP contribution in [0.2, 0.25) is 0 Å². The third kappa shape index (κ3) is 14.1. The number of likely N-dealkylation sites (N-methyl/N-ethyl adjacent to an activating group) is 1. The van der Waals surface area contributed by atoms with Gasteiger partial charge in [-0.05, 0) is 36.1 Å². The lowest BCUT2D eigenvalue weighted by Gasteiger charge is -2.27. The highest BCUT2D eigenvalue weighted by atomic mass is 16.5. The molecular formula is C29H41N3O8. The van der Waals surface area contributed by atoms with E-state index in [-0.39, 0.29) is 12.5 Å². The van der Waals surface area contributed by atoms with Crippen molar-refractivity contribution in [3.8, 4) is 5.75 Å². The Labute approximate surface area is 235 Å². The molecule has 0 heterocycles. The Kier molecular flexibility index (Phi) is 16.1. The fourth-order valence-corrected chi connectivity index (χ4v) is 3.53. The number of hydrogen-bond donors (Lipinski definition) is 3. The Morgan fingerprint density at radius 2 is 1.52 bits per heavy atom. The Bertz CT molecular complexity index is 1030. The van der Waals surface area contributed by atoms with Crippen LogP contribution in [0.1, 0.15) is 37.8 Å². The van der Waals surface area contributed by atoms with Crippen molar-refractivity contribution in [3.05, 3.63) is 65.7 Å². The Balaban J connectivity index is 0.00000120. The number of carbonyl (C=O) groups excluding carboxylic acids is 3. The number of aliphatic carboxylic acids is 2. The molecule has 11 heteroatoms. The molecule has 0 fully saturated rings. The molecule has 2 aromatic carbocycles. The van der Waals surface area contributed by atoms with Gasteiger partial charge in [-0.3, -0.25) is 4.79 Å². The maximum Gasteiger partial charge on any atom is 0.408 e. The summed E-state index contributed by atoms with van der Waals surface area (Å²) in [6.07, 6.45) is 1.50. The van der Waals surface area contributed by atoms with Gasteiger partial charge in [0, 0.05) is 19.5 Å². The minimum Gasteiger partial charge on any atom is -0.539 e. The molecule has 1 atom stereocenters. The third-order valence-electron chi connectivity index (χ3n) is 5.51. The van der Waals surface area contributed by atoms with Crippen LogP contribution in [0.15, 0.2) is 54.6 Å². The van der Waals surface area contributed by atoms with Crippen LogP contribution in [0.5, 0.6) is 5.75 Å². The second-order valence-corrected chi connectivity index (χ2v) is 9.33. The van der Waals surface area contributed by atoms with Crippen molar-refractivity contribution in [1.29, 1.82) is 0 Å². The molecule has 0 bridgehead atoms. The average Bonchev–Trinajstić information content (AvgIpc) is 2.92. The topological polar surface area (TPSA) is 150 Å². The summed E-state index contributed by atoms with van der Waals surface area (Å²) in [5.74, 6) is -3.30. The molecule has 0 saturated heterocycles. The van der Waals surface area contributed by atoms with Gasteiger partial charge in [-0.15, -0.1) is 0 Å². The molecule has 2 aromatic rings. The van der Waals surface area contributed by atoms with Gasteiger partial charge in [0.25, 0.3) is 0 Å². The number of carbonyl (C=O) groups is 4. The number of hydrogen-bond acceptors (Lipinski definition) is 7. The Morgan fingerprint density at radius 1 is 0.950 bits per heavy atom. The lowest BCUT2D eigenvalue weighted by Crippen LogP contribution is -3.06. The van der Waals surface area contributed by atoms with Crippen molar-refractivity contribution in [2.75, 3.05) is 40.3 Å². The lowest BCUT2D eigenvalue weighted by atomic mass is 10.0. The highest BCUT2D eigenvalue weighted by molar-refractivity contribution is 6.26. The number of quaternary nitrogens is 1. The second kappa shape index (κ2) is 19.0. The van der Waals surface area contributed by atoms with E-state index in [4.69, 9.17) is 29.3 Å². The molecular weight excluding hydrogens is 518 g/mol. The van der Waals surface area contributed by atoms with E-state index in [1.165, 1.54) is 4.90 Å². The number of carboxylic acid groups (broad SMARTS) is 2. The third-order valence-corrected chi connectivity index (χ3v) is 5.51. The largest absolute Gasteiger partial charge is 0.539 e. The first kappa shape index (κ1) is 33.9. The molecule has 0 aliphatic rings. The summed E-state index contributed by atoms with van der Waals surface area (Å²) >= 11 is 0. The predicted molar refractivity (Wildman–Crippen MR) is 147 cm³/mol. The molecule has 0 aliphatic heterocycles. The number of rotatable bonds is 14. The minimum atomic E-state index is -2.07. The first-order chi connectivity index (χ1) is 19.1. The van der Waals surface area contributed by atoms with Crippen molar-refractivity contribution >= 4 is 23.9 Å². The van der Waals surface area contributed by atoms with Gasteiger partial charge in [0.05, 0.1) is 14.1 Å². The van der Waals surface area contributed by atoms with Crippen LogP contribution in [0.3, 0.4) is 0 Å². The summed E-state index contributed by atoms with van der Waals surface area (Å²) < 4.78 is 11.2. The molecule has 0 saturated carbocycles. The summed E-state index contributed by atoms with van der Waals surface area (Å²) in [5.41, 5.74) is 1.84. The number of carboxylic acids is 2. The normalized spacial score (nSPS) is 11.0. The summed E-state index contributed by atoms with van der Waals surface area (Å²) in [7, 11) is 4.17. The first-order valence-corrected chi connectivity index (χ1v) is 13.3. The van der Waals surface area contributed by atoms with Crippen molar-refractivity contribution in [1.82, 2.24) is 10.2 Å². The SMILES string of the molecule is CCCN(CCC)C(=O)[C@H](Cc1ccc(OCC[NH+](C)C)cc1)NC(=O)OCc1ccccc1.O=C([O-])C(=O)O. The van der Waals surface area contributed by atoms with Gasteiger partial charge in [-0.1, -0.05) is 56.3 Å². The molecule has 40 heavy (non-hydrogen) atoms. The van der Waals surface area contributed by atoms with E-state index in [0.717, 1.165) is 36.3 Å². The zero-order valence-electron chi connectivity index (χ0n) is 23.7. The van der Waals surface area contributed by atoms with Crippen LogP contribution in [-0.2, 0) is 32.1 Å². The summed E-state index contributed by atoms with van der Waals surface area (Å²) in [5, 5.41) is 19.1. The summed E-state index contributed by atoms with van der Waals surface area (Å²) in [4.78, 5) is 47.1. The fraction of sp³-hybridized carbons (Fsp3) is 0.448. The number of nitrogens with zero attached hydrogens (tertiary/aromatic N) is 1. The van der Waals surface area contributed by atoms with Crippen molar-refractivity contribution in [3.63, 3.8) is 0 Å². The minimum absolute atomic E-state index is 0.0883. The molecule has 2 rings (SSSR count). The molecule has 2 amide bonds. The number of nitrogens with one attached hydrogen (secondary N) is 2. The van der Waals surface area contributed by atoms with E-state index in [0.29, 0.717) is 26.1 Å². The van der Waals surface area contributed by atoms with Crippen LogP contribution < -0.4 is 20.1 Å². The monoisotopic (exact) mass is 559 g/mol. The number of ether oxygens (including phenoxy) is 2. The quantitative estimate of drug-likeness (QED) is 0.284. The van der Waals surface area contributed by atoms with Crippen LogP contribution in [0, 0.1) is 0 Å². The van der Waals surface area contributed by atoms with Crippen molar-refractivity contribution < 1.29 is 43.8 Å². The van der Waals surface area contributed by atoms with E-state index in [2.05, 4.69) is 19.4 Å². The number of alkyl carbamates (subject to hydrolysis) is 1. The fourth-order valence-electron chi connectivity index (χ4n) is 3.53. The van der Waals surface area contributed by atoms with Crippen LogP contribution in [-0.4, -0.2) is 80.3 Å². The van der Waals surface area contributed by atoms with Gasteiger partial charge in [0.2, 0.25) is 5.91 Å². The van der Waals surface area contributed by atoms with Crippen LogP contribution in [0.4, 0.5) is 4.79 Å². The van der Waals surface area contributed by atoms with Gasteiger partial charge < -0.3 is 39.6 Å². The maximum atomic E-state index is 13.3. The second-order valence-electron chi connectivity index (χ2n) is 9.33. The number of benzene rings is 2. The van der Waals surface area contributed by atoms with Gasteiger partial charge in [0.1, 0.15) is 31.5 Å². The molecule has 0 radical (unpaired) electrons. The van der Waals surface area contributed by atoms with E-state index >= 15 is 0 Å². The number of amides is 2. The Morgan fingerprint density at radius 3 is 2.02 bits per heavy atom. The van der Waals surface area contributed by atoms with Gasteiger partial charge in [-0.25, -0.2) is 9.59 Å². The standard InChI is InChI=1S/C27H39N3O4.C2H2O4/c1-5-16-30(17-6-2)26(31)25(28-27(32)34-21-23-10-8-7-9-11-23)20-22-12-14-24(15-13-22)33-19-18-29(3)4;3-1(4)2(5)6/h7-15,25H,5-6,16-21H2,1-4H3,(H,28,32);(H,3,4)(H,5,6)/t25-;/m0./s1. The van der Waals surface area contributed by atoms with Crippen molar-refractivity contribution in [2.24, 2.45) is 0 Å². The molecule has 220 valence electrons. The van der Waals surface area contributed by atoms with Gasteiger partial charge in [-0.2, -0.15) is 0 Å². The molecule has 0 aromatic heterocycles. The Hall–Kier alpha value is -4.12. The molecule has 3 N–H and O–H groups in total. The van der Waals surface area contributed by atoms with Gasteiger partial charge in [0.15, 0.2) is 5.97 Å². The molecule has 0 spiro atoms. The van der Waals surface area contributed by atoms with Crippen LogP contribution in [0.25, 0.3) is 0 Å².